The molecule has 0 spiro atoms. The molecule has 0 saturated heterocycles. The van der Waals surface area contributed by atoms with Crippen molar-refractivity contribution in [1.29, 1.82) is 0 Å². The first kappa shape index (κ1) is 11.9. The van der Waals surface area contributed by atoms with Gasteiger partial charge in [0.05, 0.1) is 0 Å². The first-order valence-corrected chi connectivity index (χ1v) is 6.54. The van der Waals surface area contributed by atoms with E-state index in [4.69, 9.17) is 10.5 Å². The summed E-state index contributed by atoms with van der Waals surface area (Å²) in [5.41, 5.74) is 5.83. The molecule has 0 aromatic rings. The molecule has 92 valence electrons. The van der Waals surface area contributed by atoms with Crippen molar-refractivity contribution in [2.75, 3.05) is 0 Å². The highest BCUT2D eigenvalue weighted by Gasteiger charge is 2.36. The average Bonchev–Trinajstić information content (AvgIpc) is 3.06. The lowest BCUT2D eigenvalue weighted by atomic mass is 9.80. The minimum atomic E-state index is -0.366. The maximum absolute atomic E-state index is 11.7. The van der Waals surface area contributed by atoms with Crippen molar-refractivity contribution in [2.45, 2.75) is 58.1 Å². The summed E-state index contributed by atoms with van der Waals surface area (Å²) < 4.78 is 5.51. The van der Waals surface area contributed by atoms with E-state index < -0.39 is 0 Å². The number of carbonyl (C=O) groups excluding carboxylic acids is 1. The molecule has 4 atom stereocenters. The third-order valence-corrected chi connectivity index (χ3v) is 4.23. The van der Waals surface area contributed by atoms with Crippen LogP contribution in [-0.2, 0) is 9.53 Å². The lowest BCUT2D eigenvalue weighted by Gasteiger charge is -2.32. The maximum atomic E-state index is 11.7. The van der Waals surface area contributed by atoms with E-state index in [0.717, 1.165) is 38.0 Å². The Bertz CT molecular complexity index is 263. The Morgan fingerprint density at radius 1 is 1.19 bits per heavy atom. The van der Waals surface area contributed by atoms with Gasteiger partial charge >= 0.3 is 5.97 Å². The highest BCUT2D eigenvalue weighted by atomic mass is 16.5. The van der Waals surface area contributed by atoms with E-state index in [0.29, 0.717) is 11.8 Å². The minimum absolute atomic E-state index is 0.114. The van der Waals surface area contributed by atoms with E-state index in [-0.39, 0.29) is 18.1 Å². The van der Waals surface area contributed by atoms with Gasteiger partial charge in [0, 0.05) is 0 Å². The third-order valence-electron chi connectivity index (χ3n) is 4.23. The van der Waals surface area contributed by atoms with Crippen LogP contribution < -0.4 is 5.73 Å². The van der Waals surface area contributed by atoms with E-state index in [1.54, 1.807) is 0 Å². The topological polar surface area (TPSA) is 52.3 Å². The standard InChI is InChI=1S/C13H23NO2/c1-8-3-6-11(7-9(8)2)16-13(15)12(14)10-4-5-10/h8-12H,3-7,14H2,1-2H3. The number of hydrogen-bond acceptors (Lipinski definition) is 3. The normalized spacial score (nSPS) is 36.8. The molecule has 0 bridgehead atoms. The summed E-state index contributed by atoms with van der Waals surface area (Å²) in [4.78, 5) is 11.7. The van der Waals surface area contributed by atoms with Crippen molar-refractivity contribution in [3.05, 3.63) is 0 Å². The van der Waals surface area contributed by atoms with Gasteiger partial charge in [-0.15, -0.1) is 0 Å². The molecule has 16 heavy (non-hydrogen) atoms. The number of carbonyl (C=O) groups is 1. The first-order valence-electron chi connectivity index (χ1n) is 6.54. The van der Waals surface area contributed by atoms with Crippen molar-refractivity contribution in [3.63, 3.8) is 0 Å². The van der Waals surface area contributed by atoms with Crippen LogP contribution in [0.4, 0.5) is 0 Å². The second kappa shape index (κ2) is 4.74. The Labute approximate surface area is 97.7 Å². The van der Waals surface area contributed by atoms with Crippen LogP contribution in [0.1, 0.15) is 46.0 Å². The zero-order valence-corrected chi connectivity index (χ0v) is 10.3. The Morgan fingerprint density at radius 2 is 1.88 bits per heavy atom. The van der Waals surface area contributed by atoms with Crippen LogP contribution in [-0.4, -0.2) is 18.1 Å². The maximum Gasteiger partial charge on any atom is 0.323 e. The van der Waals surface area contributed by atoms with Crippen LogP contribution in [0.2, 0.25) is 0 Å². The number of rotatable bonds is 3. The van der Waals surface area contributed by atoms with Gasteiger partial charge in [-0.3, -0.25) is 4.79 Å². The van der Waals surface area contributed by atoms with Gasteiger partial charge in [0.2, 0.25) is 0 Å². The Morgan fingerprint density at radius 3 is 2.44 bits per heavy atom. The summed E-state index contributed by atoms with van der Waals surface area (Å²) in [7, 11) is 0. The molecule has 2 fully saturated rings. The first-order chi connectivity index (χ1) is 7.58. The van der Waals surface area contributed by atoms with E-state index in [9.17, 15) is 4.79 Å². The molecule has 3 nitrogen and oxygen atoms in total. The molecule has 0 radical (unpaired) electrons. The Balaban J connectivity index is 1.78. The van der Waals surface area contributed by atoms with Gasteiger partial charge < -0.3 is 10.5 Å². The second-order valence-electron chi connectivity index (χ2n) is 5.69. The molecule has 0 aliphatic heterocycles. The van der Waals surface area contributed by atoms with Crippen LogP contribution in [0.3, 0.4) is 0 Å². The zero-order valence-electron chi connectivity index (χ0n) is 10.3. The fraction of sp³-hybridized carbons (Fsp3) is 0.923. The fourth-order valence-corrected chi connectivity index (χ4v) is 2.50. The van der Waals surface area contributed by atoms with Crippen molar-refractivity contribution in [2.24, 2.45) is 23.5 Å². The summed E-state index contributed by atoms with van der Waals surface area (Å²) in [6.07, 6.45) is 5.47. The number of nitrogens with two attached hydrogens (primary N) is 1. The van der Waals surface area contributed by atoms with Gasteiger partial charge in [0.15, 0.2) is 0 Å². The summed E-state index contributed by atoms with van der Waals surface area (Å²) >= 11 is 0. The lowest BCUT2D eigenvalue weighted by Crippen LogP contribution is -2.38. The zero-order chi connectivity index (χ0) is 11.7. The molecule has 4 unspecified atom stereocenters. The van der Waals surface area contributed by atoms with Gasteiger partial charge in [0.1, 0.15) is 12.1 Å². The molecule has 0 amide bonds. The third kappa shape index (κ3) is 2.76. The van der Waals surface area contributed by atoms with Crippen LogP contribution in [0.25, 0.3) is 0 Å². The predicted octanol–water partition coefficient (Wildman–Crippen LogP) is 2.09. The van der Waals surface area contributed by atoms with Gasteiger partial charge in [-0.2, -0.15) is 0 Å². The Kier molecular flexibility index (Phi) is 3.53. The molecule has 2 aliphatic carbocycles. The Hall–Kier alpha value is -0.570. The van der Waals surface area contributed by atoms with Gasteiger partial charge in [-0.05, 0) is 49.9 Å². The monoisotopic (exact) mass is 225 g/mol. The van der Waals surface area contributed by atoms with E-state index in [1.165, 1.54) is 0 Å². The van der Waals surface area contributed by atoms with Crippen molar-refractivity contribution < 1.29 is 9.53 Å². The molecule has 2 aliphatic rings. The predicted molar refractivity (Wildman–Crippen MR) is 62.8 cm³/mol. The SMILES string of the molecule is CC1CCC(OC(=O)C(N)C2CC2)CC1C. The van der Waals surface area contributed by atoms with Gasteiger partial charge in [-0.25, -0.2) is 0 Å². The summed E-state index contributed by atoms with van der Waals surface area (Å²) in [6.45, 7) is 4.52. The molecular weight excluding hydrogens is 202 g/mol. The molecule has 0 heterocycles. The van der Waals surface area contributed by atoms with Crippen molar-refractivity contribution in [3.8, 4) is 0 Å². The molecule has 2 rings (SSSR count). The van der Waals surface area contributed by atoms with Crippen LogP contribution in [0.5, 0.6) is 0 Å². The fourth-order valence-electron chi connectivity index (χ4n) is 2.50. The second-order valence-corrected chi connectivity index (χ2v) is 5.69. The summed E-state index contributed by atoms with van der Waals surface area (Å²) in [5.74, 6) is 1.64. The largest absolute Gasteiger partial charge is 0.461 e. The molecular formula is C13H23NO2. The van der Waals surface area contributed by atoms with Gasteiger partial charge in [0.25, 0.3) is 0 Å². The summed E-state index contributed by atoms with van der Waals surface area (Å²) in [6, 6.07) is -0.366. The van der Waals surface area contributed by atoms with Crippen LogP contribution in [0.15, 0.2) is 0 Å². The van der Waals surface area contributed by atoms with Crippen LogP contribution in [0, 0.1) is 17.8 Å². The average molecular weight is 225 g/mol. The lowest BCUT2D eigenvalue weighted by molar-refractivity contribution is -0.154. The minimum Gasteiger partial charge on any atom is -0.461 e. The number of esters is 1. The van der Waals surface area contributed by atoms with Crippen molar-refractivity contribution >= 4 is 5.97 Å². The number of ether oxygens (including phenoxy) is 1. The van der Waals surface area contributed by atoms with E-state index in [1.807, 2.05) is 0 Å². The number of hydrogen-bond donors (Lipinski definition) is 1. The molecule has 3 heteroatoms. The molecule has 2 N–H and O–H groups in total. The smallest absolute Gasteiger partial charge is 0.323 e. The van der Waals surface area contributed by atoms with E-state index >= 15 is 0 Å². The summed E-state index contributed by atoms with van der Waals surface area (Å²) in [5, 5.41) is 0. The molecule has 0 aromatic heterocycles. The van der Waals surface area contributed by atoms with Gasteiger partial charge in [-0.1, -0.05) is 13.8 Å². The highest BCUT2D eigenvalue weighted by Crippen LogP contribution is 2.34. The molecule has 2 saturated carbocycles. The van der Waals surface area contributed by atoms with Crippen LogP contribution >= 0.6 is 0 Å². The van der Waals surface area contributed by atoms with Crippen molar-refractivity contribution in [1.82, 2.24) is 0 Å². The molecule has 0 aromatic carbocycles. The quantitative estimate of drug-likeness (QED) is 0.748. The van der Waals surface area contributed by atoms with E-state index in [2.05, 4.69) is 13.8 Å². The highest BCUT2D eigenvalue weighted by molar-refractivity contribution is 5.76.